The summed E-state index contributed by atoms with van der Waals surface area (Å²) in [6, 6.07) is 21.7. The second-order valence-corrected chi connectivity index (χ2v) is 5.35. The van der Waals surface area contributed by atoms with Gasteiger partial charge in [0.25, 0.3) is 0 Å². The maximum atomic E-state index is 12.9. The van der Waals surface area contributed by atoms with Crippen LogP contribution in [0.3, 0.4) is 0 Å². The first-order valence-electron chi connectivity index (χ1n) is 7.66. The molecular weight excluding hydrogens is 319 g/mol. The van der Waals surface area contributed by atoms with Crippen LogP contribution in [0.2, 0.25) is 0 Å². The molecule has 0 saturated heterocycles. The van der Waals surface area contributed by atoms with E-state index in [0.29, 0.717) is 17.1 Å². The van der Waals surface area contributed by atoms with Crippen molar-refractivity contribution in [3.05, 3.63) is 95.8 Å². The molecule has 0 bridgehead atoms. The molecule has 3 nitrogen and oxygen atoms in total. The SMILES string of the molecule is O=C(O)/C(=C/c1ccc(Oc2ccc(F)cc2)cc1)c1ccccc1. The summed E-state index contributed by atoms with van der Waals surface area (Å²) in [5, 5.41) is 9.44. The van der Waals surface area contributed by atoms with Crippen molar-refractivity contribution < 1.29 is 19.0 Å². The van der Waals surface area contributed by atoms with E-state index in [9.17, 15) is 14.3 Å². The Kier molecular flexibility index (Phi) is 4.90. The van der Waals surface area contributed by atoms with Crippen molar-refractivity contribution >= 4 is 17.6 Å². The highest BCUT2D eigenvalue weighted by atomic mass is 19.1. The minimum atomic E-state index is -0.988. The second kappa shape index (κ2) is 7.45. The molecule has 0 aliphatic heterocycles. The predicted octanol–water partition coefficient (Wildman–Crippen LogP) is 5.24. The van der Waals surface area contributed by atoms with Crippen LogP contribution in [0.25, 0.3) is 11.6 Å². The molecule has 0 aliphatic rings. The van der Waals surface area contributed by atoms with Gasteiger partial charge in [-0.1, -0.05) is 42.5 Å². The van der Waals surface area contributed by atoms with Gasteiger partial charge in [0, 0.05) is 0 Å². The lowest BCUT2D eigenvalue weighted by molar-refractivity contribution is -0.130. The predicted molar refractivity (Wildman–Crippen MR) is 94.9 cm³/mol. The standard InChI is InChI=1S/C21H15FO3/c22-17-8-12-19(13-9-17)25-18-10-6-15(7-11-18)14-20(21(23)24)16-4-2-1-3-5-16/h1-14H,(H,23,24)/b20-14+. The minimum Gasteiger partial charge on any atom is -0.478 e. The first-order valence-corrected chi connectivity index (χ1v) is 7.66. The van der Waals surface area contributed by atoms with Gasteiger partial charge in [-0.25, -0.2) is 9.18 Å². The zero-order valence-corrected chi connectivity index (χ0v) is 13.2. The Labute approximate surface area is 144 Å². The van der Waals surface area contributed by atoms with Crippen molar-refractivity contribution in [2.45, 2.75) is 0 Å². The van der Waals surface area contributed by atoms with Gasteiger partial charge in [-0.3, -0.25) is 0 Å². The number of hydrogen-bond acceptors (Lipinski definition) is 2. The summed E-state index contributed by atoms with van der Waals surface area (Å²) in [6.45, 7) is 0. The van der Waals surface area contributed by atoms with E-state index in [2.05, 4.69) is 0 Å². The maximum absolute atomic E-state index is 12.9. The van der Waals surface area contributed by atoms with Gasteiger partial charge in [-0.05, 0) is 53.6 Å². The molecule has 1 N–H and O–H groups in total. The molecule has 0 aliphatic carbocycles. The Morgan fingerprint density at radius 1 is 0.840 bits per heavy atom. The number of rotatable bonds is 5. The molecular formula is C21H15FO3. The zero-order valence-electron chi connectivity index (χ0n) is 13.2. The summed E-state index contributed by atoms with van der Waals surface area (Å²) in [7, 11) is 0. The third kappa shape index (κ3) is 4.32. The molecule has 0 aromatic heterocycles. The Morgan fingerprint density at radius 3 is 1.96 bits per heavy atom. The smallest absolute Gasteiger partial charge is 0.336 e. The Morgan fingerprint density at radius 2 is 1.40 bits per heavy atom. The van der Waals surface area contributed by atoms with Crippen LogP contribution in [-0.2, 0) is 4.79 Å². The average molecular weight is 334 g/mol. The summed E-state index contributed by atoms with van der Waals surface area (Å²) < 4.78 is 18.5. The first-order chi connectivity index (χ1) is 12.1. The third-order valence-electron chi connectivity index (χ3n) is 3.56. The molecule has 3 aromatic rings. The molecule has 3 aromatic carbocycles. The van der Waals surface area contributed by atoms with Gasteiger partial charge in [-0.15, -0.1) is 0 Å². The van der Waals surface area contributed by atoms with Gasteiger partial charge in [0.15, 0.2) is 0 Å². The third-order valence-corrected chi connectivity index (χ3v) is 3.56. The van der Waals surface area contributed by atoms with E-state index in [4.69, 9.17) is 4.74 Å². The summed E-state index contributed by atoms with van der Waals surface area (Å²) in [5.41, 5.74) is 1.60. The molecule has 0 saturated carbocycles. The Hall–Kier alpha value is -3.40. The van der Waals surface area contributed by atoms with Crippen LogP contribution in [0, 0.1) is 5.82 Å². The lowest BCUT2D eigenvalue weighted by Crippen LogP contribution is -1.99. The summed E-state index contributed by atoms with van der Waals surface area (Å²) in [5.74, 6) is -0.201. The highest BCUT2D eigenvalue weighted by Crippen LogP contribution is 2.24. The van der Waals surface area contributed by atoms with E-state index in [0.717, 1.165) is 5.56 Å². The monoisotopic (exact) mass is 334 g/mol. The topological polar surface area (TPSA) is 46.5 Å². The van der Waals surface area contributed by atoms with Crippen LogP contribution in [0.1, 0.15) is 11.1 Å². The van der Waals surface area contributed by atoms with Crippen LogP contribution < -0.4 is 4.74 Å². The number of hydrogen-bond donors (Lipinski definition) is 1. The van der Waals surface area contributed by atoms with Gasteiger partial charge in [0.05, 0.1) is 5.57 Å². The Balaban J connectivity index is 1.81. The highest BCUT2D eigenvalue weighted by molar-refractivity contribution is 6.20. The lowest BCUT2D eigenvalue weighted by atomic mass is 10.0. The molecule has 4 heteroatoms. The first kappa shape index (κ1) is 16.5. The van der Waals surface area contributed by atoms with Crippen molar-refractivity contribution in [1.29, 1.82) is 0 Å². The molecule has 0 fully saturated rings. The number of ether oxygens (including phenoxy) is 1. The summed E-state index contributed by atoms with van der Waals surface area (Å²) in [4.78, 5) is 11.5. The van der Waals surface area contributed by atoms with Gasteiger partial charge < -0.3 is 9.84 Å². The number of halogens is 1. The minimum absolute atomic E-state index is 0.216. The fraction of sp³-hybridized carbons (Fsp3) is 0. The van der Waals surface area contributed by atoms with Crippen molar-refractivity contribution in [2.24, 2.45) is 0 Å². The number of carboxylic acid groups (broad SMARTS) is 1. The molecule has 0 unspecified atom stereocenters. The normalized spacial score (nSPS) is 11.2. The quantitative estimate of drug-likeness (QED) is 0.512. The fourth-order valence-electron chi connectivity index (χ4n) is 2.32. The van der Waals surface area contributed by atoms with E-state index in [1.165, 1.54) is 12.1 Å². The van der Waals surface area contributed by atoms with Crippen molar-refractivity contribution in [2.75, 3.05) is 0 Å². The van der Waals surface area contributed by atoms with Gasteiger partial charge in [0.1, 0.15) is 17.3 Å². The van der Waals surface area contributed by atoms with E-state index >= 15 is 0 Å². The van der Waals surface area contributed by atoms with E-state index < -0.39 is 5.97 Å². The van der Waals surface area contributed by atoms with E-state index in [1.807, 2.05) is 6.07 Å². The van der Waals surface area contributed by atoms with Crippen LogP contribution >= 0.6 is 0 Å². The van der Waals surface area contributed by atoms with Gasteiger partial charge in [0.2, 0.25) is 0 Å². The van der Waals surface area contributed by atoms with E-state index in [1.54, 1.807) is 66.7 Å². The van der Waals surface area contributed by atoms with E-state index in [-0.39, 0.29) is 11.4 Å². The second-order valence-electron chi connectivity index (χ2n) is 5.35. The van der Waals surface area contributed by atoms with Crippen LogP contribution in [0.4, 0.5) is 4.39 Å². The number of carboxylic acids is 1. The average Bonchev–Trinajstić information content (AvgIpc) is 2.63. The van der Waals surface area contributed by atoms with Crippen molar-refractivity contribution in [3.63, 3.8) is 0 Å². The largest absolute Gasteiger partial charge is 0.478 e. The molecule has 0 radical (unpaired) electrons. The molecule has 0 amide bonds. The zero-order chi connectivity index (χ0) is 17.6. The lowest BCUT2D eigenvalue weighted by Gasteiger charge is -2.06. The molecule has 0 spiro atoms. The van der Waals surface area contributed by atoms with Crippen LogP contribution in [0.15, 0.2) is 78.9 Å². The molecule has 0 atom stereocenters. The van der Waals surface area contributed by atoms with Crippen LogP contribution in [-0.4, -0.2) is 11.1 Å². The maximum Gasteiger partial charge on any atom is 0.336 e. The fourth-order valence-corrected chi connectivity index (χ4v) is 2.32. The molecule has 124 valence electrons. The van der Waals surface area contributed by atoms with Gasteiger partial charge >= 0.3 is 5.97 Å². The number of carbonyl (C=O) groups is 1. The van der Waals surface area contributed by atoms with Crippen molar-refractivity contribution in [1.82, 2.24) is 0 Å². The molecule has 25 heavy (non-hydrogen) atoms. The Bertz CT molecular complexity index is 883. The molecule has 3 rings (SSSR count). The summed E-state index contributed by atoms with van der Waals surface area (Å²) >= 11 is 0. The van der Waals surface area contributed by atoms with Crippen molar-refractivity contribution in [3.8, 4) is 11.5 Å². The van der Waals surface area contributed by atoms with Gasteiger partial charge in [-0.2, -0.15) is 0 Å². The number of aliphatic carboxylic acids is 1. The highest BCUT2D eigenvalue weighted by Gasteiger charge is 2.09. The number of benzene rings is 3. The summed E-state index contributed by atoms with van der Waals surface area (Å²) in [6.07, 6.45) is 1.61. The van der Waals surface area contributed by atoms with Crippen LogP contribution in [0.5, 0.6) is 11.5 Å². The molecule has 0 heterocycles.